The molecule has 2 heterocycles. The number of hydrogen-bond donors (Lipinski definition) is 2. The van der Waals surface area contributed by atoms with Crippen molar-refractivity contribution in [3.05, 3.63) is 24.0 Å². The lowest BCUT2D eigenvalue weighted by atomic mass is 10.0. The van der Waals surface area contributed by atoms with Crippen molar-refractivity contribution in [2.24, 2.45) is 0 Å². The molecule has 3 N–H and O–H groups in total. The van der Waals surface area contributed by atoms with Crippen molar-refractivity contribution in [2.75, 3.05) is 38.6 Å². The Morgan fingerprint density at radius 3 is 2.57 bits per heavy atom. The molecule has 2 rings (SSSR count). The number of morpholine rings is 1. The number of nitrogens with two attached hydrogens (primary N) is 1. The van der Waals surface area contributed by atoms with Crippen LogP contribution in [0.4, 0.5) is 5.69 Å². The van der Waals surface area contributed by atoms with Crippen molar-refractivity contribution in [1.29, 1.82) is 0 Å². The number of rotatable bonds is 5. The number of nitrogen functional groups attached to an aromatic ring is 1. The zero-order valence-electron chi connectivity index (χ0n) is 13.6. The van der Waals surface area contributed by atoms with Crippen LogP contribution in [0.2, 0.25) is 0 Å². The Kier molecular flexibility index (Phi) is 9.46. The lowest BCUT2D eigenvalue weighted by Crippen LogP contribution is -2.55. The fraction of sp³-hybridized carbons (Fsp3) is 0.600. The number of amides is 1. The lowest BCUT2D eigenvalue weighted by molar-refractivity contribution is -0.121. The van der Waals surface area contributed by atoms with Gasteiger partial charge in [0.25, 0.3) is 0 Å². The van der Waals surface area contributed by atoms with E-state index in [-0.39, 0.29) is 42.7 Å². The monoisotopic (exact) mass is 364 g/mol. The summed E-state index contributed by atoms with van der Waals surface area (Å²) in [5.74, 6) is -0.0198. The van der Waals surface area contributed by atoms with Crippen LogP contribution in [0.25, 0.3) is 0 Å². The second-order valence-electron chi connectivity index (χ2n) is 5.95. The van der Waals surface area contributed by atoms with Crippen molar-refractivity contribution in [2.45, 2.75) is 25.8 Å². The van der Waals surface area contributed by atoms with Gasteiger partial charge in [-0.25, -0.2) is 0 Å². The van der Waals surface area contributed by atoms with Gasteiger partial charge in [0.1, 0.15) is 0 Å². The molecule has 1 aliphatic rings. The van der Waals surface area contributed by atoms with Gasteiger partial charge in [-0.3, -0.25) is 14.7 Å². The van der Waals surface area contributed by atoms with E-state index >= 15 is 0 Å². The molecule has 0 unspecified atom stereocenters. The number of hydrogen-bond acceptors (Lipinski definition) is 5. The molecule has 6 nitrogen and oxygen atoms in total. The van der Waals surface area contributed by atoms with E-state index in [0.717, 1.165) is 32.0 Å². The second-order valence-corrected chi connectivity index (χ2v) is 5.95. The van der Waals surface area contributed by atoms with E-state index in [1.54, 1.807) is 18.3 Å². The van der Waals surface area contributed by atoms with Gasteiger partial charge in [-0.1, -0.05) is 0 Å². The van der Waals surface area contributed by atoms with E-state index < -0.39 is 0 Å². The van der Waals surface area contributed by atoms with Crippen molar-refractivity contribution < 1.29 is 9.53 Å². The Bertz CT molecular complexity index is 477. The number of ether oxygens (including phenoxy) is 1. The Labute approximate surface area is 150 Å². The quantitative estimate of drug-likeness (QED) is 0.822. The van der Waals surface area contributed by atoms with Gasteiger partial charge in [-0.2, -0.15) is 0 Å². The molecule has 23 heavy (non-hydrogen) atoms. The fourth-order valence-electron chi connectivity index (χ4n) is 2.36. The van der Waals surface area contributed by atoms with Crippen LogP contribution in [0.5, 0.6) is 0 Å². The molecule has 1 amide bonds. The fourth-order valence-corrected chi connectivity index (χ4v) is 2.36. The molecule has 0 spiro atoms. The summed E-state index contributed by atoms with van der Waals surface area (Å²) in [5.41, 5.74) is 6.83. The summed E-state index contributed by atoms with van der Waals surface area (Å²) < 4.78 is 5.36. The summed E-state index contributed by atoms with van der Waals surface area (Å²) in [5, 5.41) is 2.99. The smallest absolute Gasteiger partial charge is 0.226 e. The lowest BCUT2D eigenvalue weighted by Gasteiger charge is -2.40. The van der Waals surface area contributed by atoms with Crippen molar-refractivity contribution in [3.8, 4) is 0 Å². The highest BCUT2D eigenvalue weighted by Crippen LogP contribution is 2.15. The maximum atomic E-state index is 12.0. The van der Waals surface area contributed by atoms with Crippen LogP contribution in [-0.4, -0.2) is 54.2 Å². The number of nitrogens with zero attached hydrogens (tertiary/aromatic N) is 2. The van der Waals surface area contributed by atoms with Crippen LogP contribution in [0.3, 0.4) is 0 Å². The first-order valence-corrected chi connectivity index (χ1v) is 7.27. The highest BCUT2D eigenvalue weighted by molar-refractivity contribution is 5.85. The normalized spacial score (nSPS) is 15.2. The Morgan fingerprint density at radius 1 is 1.35 bits per heavy atom. The van der Waals surface area contributed by atoms with Gasteiger partial charge >= 0.3 is 0 Å². The molecule has 0 radical (unpaired) electrons. The standard InChI is InChI=1S/C15H24N4O2.2ClH/c1-15(2,19-5-7-21-8-6-19)11-18-14(20)9-13-4-3-12(16)10-17-13;;/h3-4,10H,5-9,11,16H2,1-2H3,(H,18,20);2*1H. The predicted molar refractivity (Wildman–Crippen MR) is 96.3 cm³/mol. The van der Waals surface area contributed by atoms with Crippen LogP contribution in [0.1, 0.15) is 19.5 Å². The molecule has 1 saturated heterocycles. The Balaban J connectivity index is 0.00000242. The number of anilines is 1. The third-order valence-corrected chi connectivity index (χ3v) is 3.77. The highest BCUT2D eigenvalue weighted by atomic mass is 35.5. The highest BCUT2D eigenvalue weighted by Gasteiger charge is 2.28. The molecule has 1 aromatic heterocycles. The third-order valence-electron chi connectivity index (χ3n) is 3.77. The molecule has 1 fully saturated rings. The summed E-state index contributed by atoms with van der Waals surface area (Å²) >= 11 is 0. The number of aromatic nitrogens is 1. The first kappa shape index (κ1) is 21.9. The topological polar surface area (TPSA) is 80.5 Å². The van der Waals surface area contributed by atoms with Crippen molar-refractivity contribution in [1.82, 2.24) is 15.2 Å². The molecule has 0 atom stereocenters. The molecule has 1 aliphatic heterocycles. The molecule has 0 aliphatic carbocycles. The molecule has 1 aromatic rings. The van der Waals surface area contributed by atoms with Crippen LogP contribution < -0.4 is 11.1 Å². The first-order valence-electron chi connectivity index (χ1n) is 7.27. The largest absolute Gasteiger partial charge is 0.397 e. The van der Waals surface area contributed by atoms with Gasteiger partial charge in [0.05, 0.1) is 31.5 Å². The van der Waals surface area contributed by atoms with E-state index in [9.17, 15) is 4.79 Å². The first-order chi connectivity index (χ1) is 9.97. The van der Waals surface area contributed by atoms with Gasteiger partial charge in [-0.05, 0) is 26.0 Å². The summed E-state index contributed by atoms with van der Waals surface area (Å²) in [7, 11) is 0. The molecule has 0 aromatic carbocycles. The van der Waals surface area contributed by atoms with E-state index in [0.29, 0.717) is 12.2 Å². The van der Waals surface area contributed by atoms with E-state index in [1.807, 2.05) is 0 Å². The van der Waals surface area contributed by atoms with Crippen LogP contribution in [-0.2, 0) is 16.0 Å². The second kappa shape index (κ2) is 9.93. The summed E-state index contributed by atoms with van der Waals surface area (Å²) in [6.07, 6.45) is 1.85. The molecular formula is C15H26Cl2N4O2. The zero-order chi connectivity index (χ0) is 15.3. The number of pyridine rings is 1. The van der Waals surface area contributed by atoms with Crippen molar-refractivity contribution >= 4 is 36.4 Å². The van der Waals surface area contributed by atoms with E-state index in [2.05, 4.69) is 29.0 Å². The Hall–Kier alpha value is -1.08. The van der Waals surface area contributed by atoms with Gasteiger partial charge in [0.2, 0.25) is 5.91 Å². The van der Waals surface area contributed by atoms with Crippen LogP contribution in [0, 0.1) is 0 Å². The van der Waals surface area contributed by atoms with Gasteiger partial charge in [0, 0.05) is 30.9 Å². The average Bonchev–Trinajstić information content (AvgIpc) is 2.49. The number of halogens is 2. The SMILES string of the molecule is CC(C)(CNC(=O)Cc1ccc(N)cn1)N1CCOCC1.Cl.Cl. The summed E-state index contributed by atoms with van der Waals surface area (Å²) in [6, 6.07) is 3.54. The minimum absolute atomic E-state index is 0. The molecular weight excluding hydrogens is 339 g/mol. The third kappa shape index (κ3) is 6.91. The van der Waals surface area contributed by atoms with Gasteiger partial charge < -0.3 is 15.8 Å². The molecule has 0 bridgehead atoms. The zero-order valence-corrected chi connectivity index (χ0v) is 15.2. The average molecular weight is 365 g/mol. The van der Waals surface area contributed by atoms with Crippen LogP contribution in [0.15, 0.2) is 18.3 Å². The minimum Gasteiger partial charge on any atom is -0.397 e. The Morgan fingerprint density at radius 2 is 2.00 bits per heavy atom. The van der Waals surface area contributed by atoms with E-state index in [4.69, 9.17) is 10.5 Å². The number of carbonyl (C=O) groups excluding carboxylic acids is 1. The van der Waals surface area contributed by atoms with Gasteiger partial charge in [-0.15, -0.1) is 24.8 Å². The number of carbonyl (C=O) groups is 1. The maximum absolute atomic E-state index is 12.0. The molecule has 132 valence electrons. The predicted octanol–water partition coefficient (Wildman–Crippen LogP) is 1.28. The van der Waals surface area contributed by atoms with Gasteiger partial charge in [0.15, 0.2) is 0 Å². The molecule has 8 heteroatoms. The minimum atomic E-state index is -0.0754. The van der Waals surface area contributed by atoms with Crippen LogP contribution >= 0.6 is 24.8 Å². The summed E-state index contributed by atoms with van der Waals surface area (Å²) in [6.45, 7) is 8.21. The summed E-state index contributed by atoms with van der Waals surface area (Å²) in [4.78, 5) is 18.5. The molecule has 0 saturated carbocycles. The van der Waals surface area contributed by atoms with E-state index in [1.165, 1.54) is 0 Å². The number of nitrogens with one attached hydrogen (secondary N) is 1. The maximum Gasteiger partial charge on any atom is 0.226 e. The van der Waals surface area contributed by atoms with Crippen molar-refractivity contribution in [3.63, 3.8) is 0 Å².